The standard InChI is InChI=1S/4C36H22O/c1-2-12-25-23(11-1)24-13-5-6-16-28(24)35-29(25)18-9-19-30(35)26-14-3-4-15-27(26)31-20-10-22-34-36(31)32-17-7-8-21-33(32)37-34;1-2-11-25(32-17-9-18-33-31-16-7-8-19-35(31)37-36(32)33)24(10-1)23-20-21-30-28-14-4-3-12-26(28)27-13-5-6-15-29(27)34(30)22-23;1-2-11-25(31-17-9-19-35-36(31)32-16-7-8-18-34(32)37-35)24(10-1)23-20-21-30-28-14-4-3-12-26(28)27-13-5-6-15-29(27)33(30)22-23;1-2-10-26(24-18-20-36-34(22-24)32-15-7-8-16-35(32)37-36)25(9-1)23-17-19-31-29-13-4-3-11-27(29)28-12-5-6-14-30(28)33(31)21-23/h4*1-22H. The van der Waals surface area contributed by atoms with Gasteiger partial charge in [-0.1, -0.05) is 467 Å². The largest absolute Gasteiger partial charge is 0.456 e. The first-order chi connectivity index (χ1) is 73.5. The van der Waals surface area contributed by atoms with Crippen molar-refractivity contribution < 1.29 is 17.7 Å². The van der Waals surface area contributed by atoms with Gasteiger partial charge in [-0.05, 0) is 279 Å². The molecule has 0 aliphatic heterocycles. The summed E-state index contributed by atoms with van der Waals surface area (Å²) in [5.74, 6) is 0. The van der Waals surface area contributed by atoms with Gasteiger partial charge >= 0.3 is 0 Å². The van der Waals surface area contributed by atoms with Crippen LogP contribution in [0, 0.1) is 0 Å². The van der Waals surface area contributed by atoms with Gasteiger partial charge in [0.15, 0.2) is 0 Å². The number of rotatable bonds is 8. The Morgan fingerprint density at radius 2 is 0.277 bits per heavy atom. The molecule has 0 N–H and O–H groups in total. The molecule has 0 saturated carbocycles. The molecule has 4 aromatic heterocycles. The van der Waals surface area contributed by atoms with Crippen LogP contribution in [0.2, 0.25) is 0 Å². The van der Waals surface area contributed by atoms with Crippen molar-refractivity contribution in [3.05, 3.63) is 534 Å². The molecule has 4 heteroatoms. The van der Waals surface area contributed by atoms with Crippen LogP contribution in [0.3, 0.4) is 0 Å². The zero-order chi connectivity index (χ0) is 97.4. The van der Waals surface area contributed by atoms with Crippen LogP contribution in [-0.4, -0.2) is 0 Å². The Kier molecular flexibility index (Phi) is 20.3. The SMILES string of the molecule is c1ccc(-c2ccc3c4ccccc4c4ccccc4c3c2)c(-c2ccc3oc4ccccc4c3c2)c1.c1ccc(-c2cccc3c2oc2ccccc23)c(-c2ccc3c4ccccc4c4ccccc4c3c2)c1.c1ccc(-c2cccc3c4ccccc4c4ccccc4c23)c(-c2cccc3oc4ccccc4c23)c1.c1ccc(-c2cccc3oc4ccccc4c23)c(-c2ccc3c4ccccc4c4ccccc4c3c2)c1. The van der Waals surface area contributed by atoms with Crippen molar-refractivity contribution in [2.24, 2.45) is 0 Å². The first-order valence-corrected chi connectivity index (χ1v) is 50.8. The van der Waals surface area contributed by atoms with Gasteiger partial charge in [0, 0.05) is 48.7 Å². The highest BCUT2D eigenvalue weighted by Crippen LogP contribution is 2.51. The number of fused-ring (bicyclic) bond motifs is 36. The van der Waals surface area contributed by atoms with Gasteiger partial charge in [-0.25, -0.2) is 0 Å². The van der Waals surface area contributed by atoms with E-state index in [-0.39, 0.29) is 0 Å². The first kappa shape index (κ1) is 85.3. The third kappa shape index (κ3) is 14.1. The highest BCUT2D eigenvalue weighted by atomic mass is 16.3. The quantitative estimate of drug-likeness (QED) is 0.142. The van der Waals surface area contributed by atoms with E-state index in [2.05, 4.69) is 485 Å². The highest BCUT2D eigenvalue weighted by molar-refractivity contribution is 6.32. The van der Waals surface area contributed by atoms with Crippen molar-refractivity contribution in [3.8, 4) is 89.0 Å². The summed E-state index contributed by atoms with van der Waals surface area (Å²) in [5.41, 5.74) is 26.7. The zero-order valence-electron chi connectivity index (χ0n) is 80.4. The second-order valence-corrected chi connectivity index (χ2v) is 38.7. The molecule has 0 saturated heterocycles. The highest BCUT2D eigenvalue weighted by Gasteiger charge is 2.25. The van der Waals surface area contributed by atoms with E-state index in [1.165, 1.54) is 223 Å². The lowest BCUT2D eigenvalue weighted by Crippen LogP contribution is -1.90. The molecule has 0 atom stereocenters. The lowest BCUT2D eigenvalue weighted by atomic mass is 9.86. The summed E-state index contributed by atoms with van der Waals surface area (Å²) in [6.07, 6.45) is 0. The number of hydrogen-bond donors (Lipinski definition) is 0. The van der Waals surface area contributed by atoms with Gasteiger partial charge in [0.2, 0.25) is 0 Å². The molecule has 4 heterocycles. The van der Waals surface area contributed by atoms with E-state index < -0.39 is 0 Å². The summed E-state index contributed by atoms with van der Waals surface area (Å²) in [6.45, 7) is 0. The van der Waals surface area contributed by atoms with Gasteiger partial charge in [-0.2, -0.15) is 0 Å². The van der Waals surface area contributed by atoms with E-state index in [1.54, 1.807) is 0 Å². The molecule has 0 spiro atoms. The fourth-order valence-corrected chi connectivity index (χ4v) is 24.1. The van der Waals surface area contributed by atoms with Crippen molar-refractivity contribution in [2.45, 2.75) is 0 Å². The monoisotopic (exact) mass is 1880 g/mol. The molecule has 0 radical (unpaired) electrons. The minimum atomic E-state index is 0.919. The Balaban J connectivity index is 0.0000000930. The predicted octanol–water partition coefficient (Wildman–Crippen LogP) is 41.5. The van der Waals surface area contributed by atoms with Crippen molar-refractivity contribution in [1.29, 1.82) is 0 Å². The Morgan fingerprint density at radius 1 is 0.0878 bits per heavy atom. The normalized spacial score (nSPS) is 11.8. The first-order valence-electron chi connectivity index (χ1n) is 50.8. The van der Waals surface area contributed by atoms with Gasteiger partial charge in [-0.15, -0.1) is 0 Å². The van der Waals surface area contributed by atoms with E-state index in [9.17, 15) is 0 Å². The molecular weight excluding hydrogens is 1790 g/mol. The fourth-order valence-electron chi connectivity index (χ4n) is 24.1. The summed E-state index contributed by atoms with van der Waals surface area (Å²) in [4.78, 5) is 0. The Bertz CT molecular complexity index is 10800. The van der Waals surface area contributed by atoms with Crippen molar-refractivity contribution >= 4 is 217 Å². The van der Waals surface area contributed by atoms with E-state index in [4.69, 9.17) is 17.7 Å². The third-order valence-electron chi connectivity index (χ3n) is 30.7. The molecule has 28 aromatic carbocycles. The summed E-state index contributed by atoms with van der Waals surface area (Å²) in [5, 5.41) is 40.3. The smallest absolute Gasteiger partial charge is 0.143 e. The molecule has 32 rings (SSSR count). The van der Waals surface area contributed by atoms with Crippen LogP contribution in [-0.2, 0) is 0 Å². The molecule has 0 unspecified atom stereocenters. The fraction of sp³-hybridized carbons (Fsp3) is 0. The molecule has 0 amide bonds. The van der Waals surface area contributed by atoms with E-state index in [0.29, 0.717) is 0 Å². The van der Waals surface area contributed by atoms with E-state index in [0.717, 1.165) is 82.5 Å². The summed E-state index contributed by atoms with van der Waals surface area (Å²) in [7, 11) is 0. The van der Waals surface area contributed by atoms with Crippen LogP contribution in [0.15, 0.2) is 552 Å². The van der Waals surface area contributed by atoms with Crippen LogP contribution >= 0.6 is 0 Å². The molecule has 4 nitrogen and oxygen atoms in total. The van der Waals surface area contributed by atoms with Gasteiger partial charge < -0.3 is 17.7 Å². The molecule has 0 aliphatic rings. The van der Waals surface area contributed by atoms with Crippen molar-refractivity contribution in [1.82, 2.24) is 0 Å². The number of hydrogen-bond acceptors (Lipinski definition) is 4. The van der Waals surface area contributed by atoms with Gasteiger partial charge in [0.1, 0.15) is 44.7 Å². The Hall–Kier alpha value is -19.5. The van der Waals surface area contributed by atoms with Gasteiger partial charge in [0.05, 0.1) is 0 Å². The number of benzene rings is 28. The maximum absolute atomic E-state index is 6.40. The van der Waals surface area contributed by atoms with Crippen molar-refractivity contribution in [2.75, 3.05) is 0 Å². The zero-order valence-corrected chi connectivity index (χ0v) is 80.4. The number of furan rings is 4. The van der Waals surface area contributed by atoms with Gasteiger partial charge in [-0.3, -0.25) is 0 Å². The van der Waals surface area contributed by atoms with Crippen molar-refractivity contribution in [3.63, 3.8) is 0 Å². The molecule has 148 heavy (non-hydrogen) atoms. The summed E-state index contributed by atoms with van der Waals surface area (Å²) >= 11 is 0. The molecule has 0 fully saturated rings. The van der Waals surface area contributed by atoms with Crippen LogP contribution in [0.4, 0.5) is 0 Å². The van der Waals surface area contributed by atoms with E-state index >= 15 is 0 Å². The topological polar surface area (TPSA) is 52.6 Å². The van der Waals surface area contributed by atoms with Crippen LogP contribution < -0.4 is 0 Å². The average molecular weight is 1880 g/mol. The summed E-state index contributed by atoms with van der Waals surface area (Å²) in [6, 6.07) is 191. The molecule has 32 aromatic rings. The molecule has 0 aliphatic carbocycles. The predicted molar refractivity (Wildman–Crippen MR) is 628 cm³/mol. The number of para-hydroxylation sites is 5. The second kappa shape index (κ2) is 35.3. The maximum Gasteiger partial charge on any atom is 0.143 e. The van der Waals surface area contributed by atoms with Crippen LogP contribution in [0.5, 0.6) is 0 Å². The summed E-state index contributed by atoms with van der Waals surface area (Å²) < 4.78 is 24.9. The van der Waals surface area contributed by atoms with Crippen LogP contribution in [0.25, 0.3) is 306 Å². The third-order valence-corrected chi connectivity index (χ3v) is 30.7. The average Bonchev–Trinajstić information content (AvgIpc) is 1.12. The minimum absolute atomic E-state index is 0.919. The van der Waals surface area contributed by atoms with Gasteiger partial charge in [0.25, 0.3) is 0 Å². The van der Waals surface area contributed by atoms with Crippen LogP contribution in [0.1, 0.15) is 0 Å². The molecular formula is C144H88O4. The lowest BCUT2D eigenvalue weighted by molar-refractivity contribution is 0.668. The molecule has 688 valence electrons. The van der Waals surface area contributed by atoms with E-state index in [1.807, 2.05) is 48.5 Å². The maximum atomic E-state index is 6.40. The Labute approximate surface area is 851 Å². The lowest BCUT2D eigenvalue weighted by Gasteiger charge is -2.17. The minimum Gasteiger partial charge on any atom is -0.456 e. The molecule has 0 bridgehead atoms. The Morgan fingerprint density at radius 3 is 0.642 bits per heavy atom. The second-order valence-electron chi connectivity index (χ2n) is 38.7.